The fourth-order valence-electron chi connectivity index (χ4n) is 11.2. The molecule has 0 fully saturated rings. The van der Waals surface area contributed by atoms with Gasteiger partial charge < -0.3 is 0 Å². The first-order chi connectivity index (χ1) is 35.4. The normalized spacial score (nSPS) is 15.7. The zero-order chi connectivity index (χ0) is 54.9. The van der Waals surface area contributed by atoms with Crippen molar-refractivity contribution in [2.45, 2.75) is 105 Å². The molecule has 76 heavy (non-hydrogen) atoms. The van der Waals surface area contributed by atoms with E-state index in [1.807, 2.05) is 48.5 Å². The van der Waals surface area contributed by atoms with E-state index in [2.05, 4.69) is 55.5 Å². The zero-order valence-electron chi connectivity index (χ0n) is 43.7. The van der Waals surface area contributed by atoms with Crippen LogP contribution in [0.2, 0.25) is 0 Å². The van der Waals surface area contributed by atoms with Gasteiger partial charge in [-0.15, -0.1) is 0 Å². The van der Waals surface area contributed by atoms with Crippen LogP contribution in [-0.2, 0) is 0 Å². The highest BCUT2D eigenvalue weighted by atomic mass is 79.9. The zero-order valence-corrected chi connectivity index (χ0v) is 46.9. The van der Waals surface area contributed by atoms with Crippen LogP contribution in [0.25, 0.3) is 43.1 Å². The van der Waals surface area contributed by atoms with E-state index < -0.39 is 69.4 Å². The molecular weight excluding hydrogens is 1090 g/mol. The van der Waals surface area contributed by atoms with Crippen molar-refractivity contribution in [3.05, 3.63) is 149 Å². The molecule has 4 heterocycles. The van der Waals surface area contributed by atoms with Gasteiger partial charge in [-0.1, -0.05) is 47.9 Å². The minimum atomic E-state index is -0.950. The maximum atomic E-state index is 14.8. The van der Waals surface area contributed by atoms with Crippen molar-refractivity contribution in [1.29, 1.82) is 0 Å². The fraction of sp³-hybridized carbons (Fsp3) is 0.258. The lowest BCUT2D eigenvalue weighted by atomic mass is 9.81. The highest BCUT2D eigenvalue weighted by Crippen LogP contribution is 2.47. The molecule has 378 valence electrons. The molecule has 0 saturated heterocycles. The second kappa shape index (κ2) is 16.4. The summed E-state index contributed by atoms with van der Waals surface area (Å²) in [6, 6.07) is 21.5. The fourth-order valence-corrected chi connectivity index (χ4v) is 12.4. The molecule has 0 radical (unpaired) electrons. The summed E-state index contributed by atoms with van der Waals surface area (Å²) >= 11 is 7.11. The van der Waals surface area contributed by atoms with Crippen LogP contribution in [0.3, 0.4) is 0 Å². The summed E-state index contributed by atoms with van der Waals surface area (Å²) in [7, 11) is 0. The number of carbonyl (C=O) groups is 8. The number of amides is 8. The van der Waals surface area contributed by atoms with Crippen LogP contribution in [0.5, 0.6) is 0 Å². The van der Waals surface area contributed by atoms with E-state index in [1.54, 1.807) is 107 Å². The Morgan fingerprint density at radius 3 is 0.921 bits per heavy atom. The third-order valence-electron chi connectivity index (χ3n) is 14.3. The lowest BCUT2D eigenvalue weighted by molar-refractivity contribution is 0.0435. The Labute approximate surface area is 455 Å². The largest absolute Gasteiger partial charge is 0.269 e. The summed E-state index contributed by atoms with van der Waals surface area (Å²) in [6.07, 6.45) is 0. The van der Waals surface area contributed by atoms with Crippen molar-refractivity contribution in [1.82, 2.24) is 19.6 Å². The number of imide groups is 4. The van der Waals surface area contributed by atoms with Crippen LogP contribution in [0.1, 0.15) is 188 Å². The van der Waals surface area contributed by atoms with E-state index in [0.717, 1.165) is 21.5 Å². The van der Waals surface area contributed by atoms with Crippen LogP contribution in [0.15, 0.2) is 81.7 Å². The summed E-state index contributed by atoms with van der Waals surface area (Å²) in [5.41, 5.74) is -0.966. The SMILES string of the molecule is CC(C)(C)N1C(=O)c2cc(C#Cc3cccc4cc5cccc(C#Cc6cc7c8c(c(Br)cc9c8c6C(=O)N(C(C)(C)C)C9=O)C(=O)N(C(C)(C)C)C7=O)c5cc34)c3c4c(cc(Br)c(c24)C1=O)C(=O)N(C(C)(C)C)C3=O. The molecule has 0 spiro atoms. The van der Waals surface area contributed by atoms with Gasteiger partial charge in [-0.25, -0.2) is 0 Å². The van der Waals surface area contributed by atoms with Crippen molar-refractivity contribution >= 4 is 122 Å². The van der Waals surface area contributed by atoms with Crippen molar-refractivity contribution in [3.8, 4) is 23.7 Å². The predicted molar refractivity (Wildman–Crippen MR) is 298 cm³/mol. The first-order valence-corrected chi connectivity index (χ1v) is 26.2. The monoisotopic (exact) mass is 1130 g/mol. The number of hydrogen-bond acceptors (Lipinski definition) is 8. The molecule has 0 saturated carbocycles. The van der Waals surface area contributed by atoms with Gasteiger partial charge in [0.1, 0.15) is 0 Å². The average molecular weight is 1140 g/mol. The molecule has 7 aromatic carbocycles. The third-order valence-corrected chi connectivity index (χ3v) is 15.6. The van der Waals surface area contributed by atoms with Crippen molar-refractivity contribution < 1.29 is 38.4 Å². The van der Waals surface area contributed by atoms with Crippen molar-refractivity contribution in [2.75, 3.05) is 0 Å². The van der Waals surface area contributed by atoms with Gasteiger partial charge in [-0.3, -0.25) is 58.0 Å². The summed E-state index contributed by atoms with van der Waals surface area (Å²) < 4.78 is 0.651. The van der Waals surface area contributed by atoms with Crippen LogP contribution in [0.4, 0.5) is 0 Å². The van der Waals surface area contributed by atoms with Crippen LogP contribution >= 0.6 is 31.9 Å². The number of nitrogens with zero attached hydrogens (tertiary/aromatic N) is 4. The molecule has 11 rings (SSSR count). The molecule has 0 bridgehead atoms. The van der Waals surface area contributed by atoms with Gasteiger partial charge >= 0.3 is 0 Å². The first-order valence-electron chi connectivity index (χ1n) is 24.6. The molecule has 0 aromatic heterocycles. The van der Waals surface area contributed by atoms with Gasteiger partial charge in [0.2, 0.25) is 0 Å². The Kier molecular flexibility index (Phi) is 10.8. The first kappa shape index (κ1) is 50.4. The minimum Gasteiger partial charge on any atom is -0.269 e. The van der Waals surface area contributed by atoms with Crippen molar-refractivity contribution in [3.63, 3.8) is 0 Å². The third kappa shape index (κ3) is 7.17. The minimum absolute atomic E-state index is 0.114. The standard InChI is InChI=1S/C62H48Br2N4O8/c1-59(2,3)65-53(71)39-27-41(63)49-47-37(51(69)67(57(49)75)61(7,8)9)24-33(43(45(39)47)55(65)73)21-19-29-15-13-17-31-23-32-18-14-16-30(36(32)26-35(29)31)20-22-34-25-38-48-46-40(54(72)66(60(4,5)6)56(74)44(34)46)28-42(64)50(48)58(76)68(52(38)70)62(10,11)12/h13-18,23-28H,1-12H3. The summed E-state index contributed by atoms with van der Waals surface area (Å²) in [5.74, 6) is 8.58. The summed E-state index contributed by atoms with van der Waals surface area (Å²) in [6.45, 7) is 21.1. The number of rotatable bonds is 0. The maximum Gasteiger partial charge on any atom is 0.263 e. The Hall–Kier alpha value is -7.78. The van der Waals surface area contributed by atoms with Gasteiger partial charge in [-0.05, 0) is 185 Å². The topological polar surface area (TPSA) is 150 Å². The second-order valence-corrected chi connectivity index (χ2v) is 25.3. The van der Waals surface area contributed by atoms with E-state index in [1.165, 1.54) is 19.6 Å². The van der Waals surface area contributed by atoms with Gasteiger partial charge in [0.25, 0.3) is 47.3 Å². The summed E-state index contributed by atoms with van der Waals surface area (Å²) in [5, 5.41) is 4.01. The Balaban J connectivity index is 1.12. The highest BCUT2D eigenvalue weighted by molar-refractivity contribution is 9.10. The van der Waals surface area contributed by atoms with E-state index in [-0.39, 0.29) is 77.2 Å². The van der Waals surface area contributed by atoms with E-state index in [0.29, 0.717) is 20.1 Å². The lowest BCUT2D eigenvalue weighted by Crippen LogP contribution is -2.53. The molecule has 0 unspecified atom stereocenters. The Morgan fingerprint density at radius 1 is 0.329 bits per heavy atom. The molecule has 12 nitrogen and oxygen atoms in total. The number of fused-ring (bicyclic) bond motifs is 2. The van der Waals surface area contributed by atoms with E-state index >= 15 is 0 Å². The Morgan fingerprint density at radius 2 is 0.605 bits per heavy atom. The smallest absolute Gasteiger partial charge is 0.263 e. The van der Waals surface area contributed by atoms with Gasteiger partial charge in [0, 0.05) is 86.0 Å². The predicted octanol–water partition coefficient (Wildman–Crippen LogP) is 12.2. The van der Waals surface area contributed by atoms with Crippen LogP contribution in [0, 0.1) is 23.7 Å². The molecule has 8 amide bonds. The lowest BCUT2D eigenvalue weighted by Gasteiger charge is -2.40. The van der Waals surface area contributed by atoms with Crippen LogP contribution in [-0.4, -0.2) is 89.0 Å². The van der Waals surface area contributed by atoms with Gasteiger partial charge in [-0.2, -0.15) is 0 Å². The average Bonchev–Trinajstić information content (AvgIpc) is 3.49. The number of hydrogen-bond donors (Lipinski definition) is 0. The van der Waals surface area contributed by atoms with Crippen LogP contribution < -0.4 is 0 Å². The molecule has 7 aromatic rings. The molecule has 0 atom stereocenters. The molecule has 4 aliphatic rings. The van der Waals surface area contributed by atoms with Gasteiger partial charge in [0.15, 0.2) is 0 Å². The van der Waals surface area contributed by atoms with Gasteiger partial charge in [0.05, 0.1) is 33.4 Å². The molecular formula is C62H48Br2N4O8. The van der Waals surface area contributed by atoms with Crippen molar-refractivity contribution in [2.24, 2.45) is 0 Å². The molecule has 14 heteroatoms. The number of halogens is 2. The molecule has 0 aliphatic carbocycles. The molecule has 0 N–H and O–H groups in total. The van der Waals surface area contributed by atoms with E-state index in [9.17, 15) is 38.4 Å². The number of carbonyl (C=O) groups excluding carboxylic acids is 8. The number of benzene rings is 7. The second-order valence-electron chi connectivity index (χ2n) is 23.6. The summed E-state index contributed by atoms with van der Waals surface area (Å²) in [4.78, 5) is 120. The highest BCUT2D eigenvalue weighted by Gasteiger charge is 2.49. The van der Waals surface area contributed by atoms with E-state index in [4.69, 9.17) is 0 Å². The Bertz CT molecular complexity index is 3950. The maximum absolute atomic E-state index is 14.8. The molecule has 4 aliphatic heterocycles. The quantitative estimate of drug-likeness (QED) is 0.0828.